The molecule has 1 N–H and O–H groups in total. The Bertz CT molecular complexity index is 109. The Hall–Kier alpha value is -0.0400. The summed E-state index contributed by atoms with van der Waals surface area (Å²) in [5.74, 6) is 1.87. The molecule has 11 heavy (non-hydrogen) atoms. The van der Waals surface area contributed by atoms with Crippen LogP contribution in [0.5, 0.6) is 0 Å². The molecule has 1 fully saturated rings. The maximum absolute atomic E-state index is 3.53. The number of nitrogens with one attached hydrogen (secondary N) is 1. The van der Waals surface area contributed by atoms with Crippen molar-refractivity contribution in [2.75, 3.05) is 6.54 Å². The topological polar surface area (TPSA) is 12.0 Å². The second-order valence-electron chi connectivity index (χ2n) is 4.07. The molecule has 0 aromatic rings. The molecule has 1 rings (SSSR count). The molecule has 2 atom stereocenters. The minimum atomic E-state index is 0.826. The molecule has 0 radical (unpaired) electrons. The molecule has 0 aromatic carbocycles. The molecule has 0 unspecified atom stereocenters. The number of rotatable bonds is 3. The van der Waals surface area contributed by atoms with Gasteiger partial charge < -0.3 is 5.32 Å². The molecule has 0 spiro atoms. The first-order chi connectivity index (χ1) is 5.24. The van der Waals surface area contributed by atoms with E-state index in [1.165, 1.54) is 19.3 Å². The van der Waals surface area contributed by atoms with E-state index in [1.54, 1.807) is 0 Å². The molecule has 1 heteroatoms. The Balaban J connectivity index is 2.23. The molecule has 0 heterocycles. The second-order valence-corrected chi connectivity index (χ2v) is 4.07. The van der Waals surface area contributed by atoms with Gasteiger partial charge in [-0.2, -0.15) is 0 Å². The van der Waals surface area contributed by atoms with E-state index >= 15 is 0 Å². The minimum absolute atomic E-state index is 0.826. The Morgan fingerprint density at radius 3 is 2.55 bits per heavy atom. The molecular formula is C10H21N. The molecule has 0 bridgehead atoms. The van der Waals surface area contributed by atoms with E-state index < -0.39 is 0 Å². The van der Waals surface area contributed by atoms with Crippen molar-refractivity contribution in [3.8, 4) is 0 Å². The lowest BCUT2D eigenvalue weighted by Crippen LogP contribution is -2.26. The van der Waals surface area contributed by atoms with Gasteiger partial charge in [0.15, 0.2) is 0 Å². The van der Waals surface area contributed by atoms with E-state index in [2.05, 4.69) is 26.1 Å². The van der Waals surface area contributed by atoms with E-state index in [4.69, 9.17) is 0 Å². The summed E-state index contributed by atoms with van der Waals surface area (Å²) in [5.41, 5.74) is 0. The highest BCUT2D eigenvalue weighted by molar-refractivity contribution is 4.81. The molecule has 0 amide bonds. The highest BCUT2D eigenvalue weighted by Crippen LogP contribution is 2.31. The van der Waals surface area contributed by atoms with Gasteiger partial charge in [-0.05, 0) is 37.6 Å². The van der Waals surface area contributed by atoms with Crippen molar-refractivity contribution >= 4 is 0 Å². The lowest BCUT2D eigenvalue weighted by molar-refractivity contribution is 0.383. The van der Waals surface area contributed by atoms with Gasteiger partial charge >= 0.3 is 0 Å². The largest absolute Gasteiger partial charge is 0.314 e. The third kappa shape index (κ3) is 2.48. The van der Waals surface area contributed by atoms with Crippen molar-refractivity contribution in [2.24, 2.45) is 11.8 Å². The molecule has 1 saturated carbocycles. The van der Waals surface area contributed by atoms with E-state index in [1.807, 2.05) is 0 Å². The van der Waals surface area contributed by atoms with Crippen molar-refractivity contribution in [3.63, 3.8) is 0 Å². The van der Waals surface area contributed by atoms with Crippen LogP contribution in [0.1, 0.15) is 40.0 Å². The van der Waals surface area contributed by atoms with Gasteiger partial charge in [-0.15, -0.1) is 0 Å². The SMILES string of the molecule is CCN[C@@H]1CC[C@H](C(C)C)C1. The highest BCUT2D eigenvalue weighted by atomic mass is 14.9. The first kappa shape index (κ1) is 9.05. The monoisotopic (exact) mass is 155 g/mol. The fourth-order valence-electron chi connectivity index (χ4n) is 2.10. The molecule has 0 aliphatic heterocycles. The lowest BCUT2D eigenvalue weighted by Gasteiger charge is -2.14. The van der Waals surface area contributed by atoms with E-state index in [0.29, 0.717) is 0 Å². The van der Waals surface area contributed by atoms with Gasteiger partial charge in [-0.25, -0.2) is 0 Å². The minimum Gasteiger partial charge on any atom is -0.314 e. The third-order valence-corrected chi connectivity index (χ3v) is 2.91. The summed E-state index contributed by atoms with van der Waals surface area (Å²) in [7, 11) is 0. The van der Waals surface area contributed by atoms with E-state index in [0.717, 1.165) is 24.4 Å². The zero-order valence-electron chi connectivity index (χ0n) is 8.06. The predicted molar refractivity (Wildman–Crippen MR) is 49.6 cm³/mol. The Labute approximate surface area is 70.6 Å². The van der Waals surface area contributed by atoms with Gasteiger partial charge in [-0.3, -0.25) is 0 Å². The highest BCUT2D eigenvalue weighted by Gasteiger charge is 2.25. The van der Waals surface area contributed by atoms with Gasteiger partial charge in [0.2, 0.25) is 0 Å². The van der Waals surface area contributed by atoms with Crippen LogP contribution in [0.15, 0.2) is 0 Å². The summed E-state index contributed by atoms with van der Waals surface area (Å²) in [6.07, 6.45) is 4.25. The predicted octanol–water partition coefficient (Wildman–Crippen LogP) is 2.42. The van der Waals surface area contributed by atoms with Crippen molar-refractivity contribution < 1.29 is 0 Å². The van der Waals surface area contributed by atoms with Gasteiger partial charge in [-0.1, -0.05) is 20.8 Å². The molecule has 1 nitrogen and oxygen atoms in total. The molecule has 0 saturated heterocycles. The molecular weight excluding hydrogens is 134 g/mol. The van der Waals surface area contributed by atoms with Crippen molar-refractivity contribution in [2.45, 2.75) is 46.1 Å². The zero-order valence-corrected chi connectivity index (χ0v) is 8.06. The second kappa shape index (κ2) is 4.10. The summed E-state index contributed by atoms with van der Waals surface area (Å²) in [5, 5.41) is 3.53. The Morgan fingerprint density at radius 2 is 2.09 bits per heavy atom. The summed E-state index contributed by atoms with van der Waals surface area (Å²) in [6.45, 7) is 8.02. The van der Waals surface area contributed by atoms with E-state index in [9.17, 15) is 0 Å². The first-order valence-corrected chi connectivity index (χ1v) is 4.97. The number of hydrogen-bond donors (Lipinski definition) is 1. The van der Waals surface area contributed by atoms with Crippen LogP contribution in [0.25, 0.3) is 0 Å². The van der Waals surface area contributed by atoms with Crippen LogP contribution in [0, 0.1) is 11.8 Å². The van der Waals surface area contributed by atoms with Crippen LogP contribution >= 0.6 is 0 Å². The van der Waals surface area contributed by atoms with Crippen molar-refractivity contribution in [1.29, 1.82) is 0 Å². The molecule has 1 aliphatic carbocycles. The van der Waals surface area contributed by atoms with Crippen molar-refractivity contribution in [1.82, 2.24) is 5.32 Å². The van der Waals surface area contributed by atoms with Crippen LogP contribution in [0.3, 0.4) is 0 Å². The normalized spacial score (nSPS) is 31.6. The lowest BCUT2D eigenvalue weighted by atomic mass is 9.94. The summed E-state index contributed by atoms with van der Waals surface area (Å²) in [6, 6.07) is 0.826. The van der Waals surface area contributed by atoms with Gasteiger partial charge in [0.25, 0.3) is 0 Å². The maximum atomic E-state index is 3.53. The summed E-state index contributed by atoms with van der Waals surface area (Å²) < 4.78 is 0. The average molecular weight is 155 g/mol. The quantitative estimate of drug-likeness (QED) is 0.660. The van der Waals surface area contributed by atoms with Crippen LogP contribution < -0.4 is 5.32 Å². The standard InChI is InChI=1S/C10H21N/c1-4-11-10-6-5-9(7-10)8(2)3/h8-11H,4-7H2,1-3H3/t9-,10+/m0/s1. The fourth-order valence-corrected chi connectivity index (χ4v) is 2.10. The Morgan fingerprint density at radius 1 is 1.36 bits per heavy atom. The molecule has 0 aromatic heterocycles. The Kier molecular flexibility index (Phi) is 3.38. The van der Waals surface area contributed by atoms with Crippen LogP contribution in [0.2, 0.25) is 0 Å². The zero-order chi connectivity index (χ0) is 8.27. The third-order valence-electron chi connectivity index (χ3n) is 2.91. The first-order valence-electron chi connectivity index (χ1n) is 4.97. The van der Waals surface area contributed by atoms with Crippen LogP contribution in [-0.4, -0.2) is 12.6 Å². The van der Waals surface area contributed by atoms with Crippen LogP contribution in [-0.2, 0) is 0 Å². The summed E-state index contributed by atoms with van der Waals surface area (Å²) in [4.78, 5) is 0. The van der Waals surface area contributed by atoms with Gasteiger partial charge in [0, 0.05) is 6.04 Å². The average Bonchev–Trinajstić information content (AvgIpc) is 2.37. The van der Waals surface area contributed by atoms with Gasteiger partial charge in [0.05, 0.1) is 0 Å². The van der Waals surface area contributed by atoms with E-state index in [-0.39, 0.29) is 0 Å². The summed E-state index contributed by atoms with van der Waals surface area (Å²) >= 11 is 0. The van der Waals surface area contributed by atoms with Gasteiger partial charge in [0.1, 0.15) is 0 Å². The smallest absolute Gasteiger partial charge is 0.00697 e. The van der Waals surface area contributed by atoms with Crippen LogP contribution in [0.4, 0.5) is 0 Å². The molecule has 66 valence electrons. The number of hydrogen-bond acceptors (Lipinski definition) is 1. The molecule has 1 aliphatic rings. The maximum Gasteiger partial charge on any atom is 0.00697 e. The fraction of sp³-hybridized carbons (Fsp3) is 1.00. The van der Waals surface area contributed by atoms with Crippen molar-refractivity contribution in [3.05, 3.63) is 0 Å².